The fraction of sp³-hybridized carbons (Fsp3) is 0.889. The normalized spacial score (nSPS) is 13.6. The molecule has 0 amide bonds. The van der Waals surface area contributed by atoms with Crippen molar-refractivity contribution in [2.45, 2.75) is 26.8 Å². The number of esters is 1. The van der Waals surface area contributed by atoms with E-state index in [0.29, 0.717) is 5.92 Å². The minimum absolute atomic E-state index is 0.141. The van der Waals surface area contributed by atoms with Crippen molar-refractivity contribution in [3.63, 3.8) is 0 Å². The van der Waals surface area contributed by atoms with E-state index in [1.165, 1.54) is 7.11 Å². The van der Waals surface area contributed by atoms with Gasteiger partial charge < -0.3 is 4.74 Å². The fourth-order valence-electron chi connectivity index (χ4n) is 1.08. The van der Waals surface area contributed by atoms with Gasteiger partial charge in [0.25, 0.3) is 0 Å². The molecular weight excluding hydrogens is 154 g/mol. The molecule has 0 aliphatic rings. The van der Waals surface area contributed by atoms with Crippen molar-refractivity contribution in [3.05, 3.63) is 0 Å². The zero-order chi connectivity index (χ0) is 9.72. The largest absolute Gasteiger partial charge is 0.468 e. The second-order valence-electron chi connectivity index (χ2n) is 3.53. The van der Waals surface area contributed by atoms with Crippen LogP contribution >= 0.6 is 0 Å². The van der Waals surface area contributed by atoms with Crippen molar-refractivity contribution >= 4 is 5.97 Å². The van der Waals surface area contributed by atoms with Crippen LogP contribution in [-0.2, 0) is 9.53 Å². The van der Waals surface area contributed by atoms with E-state index in [2.05, 4.69) is 18.6 Å². The van der Waals surface area contributed by atoms with E-state index in [0.717, 1.165) is 6.54 Å². The van der Waals surface area contributed by atoms with E-state index >= 15 is 0 Å². The van der Waals surface area contributed by atoms with Gasteiger partial charge in [-0.05, 0) is 19.9 Å². The van der Waals surface area contributed by atoms with Gasteiger partial charge in [-0.15, -0.1) is 0 Å². The SMILES string of the molecule is COC(=O)[C@@H](C)N(C)CC(C)C. The van der Waals surface area contributed by atoms with E-state index in [9.17, 15) is 4.79 Å². The summed E-state index contributed by atoms with van der Waals surface area (Å²) in [6.07, 6.45) is 0. The van der Waals surface area contributed by atoms with Gasteiger partial charge in [-0.3, -0.25) is 9.69 Å². The summed E-state index contributed by atoms with van der Waals surface area (Å²) < 4.78 is 4.63. The van der Waals surface area contributed by atoms with Gasteiger partial charge in [-0.25, -0.2) is 0 Å². The number of nitrogens with zero attached hydrogens (tertiary/aromatic N) is 1. The van der Waals surface area contributed by atoms with Crippen molar-refractivity contribution in [3.8, 4) is 0 Å². The zero-order valence-corrected chi connectivity index (χ0v) is 8.63. The van der Waals surface area contributed by atoms with Crippen LogP contribution in [0.4, 0.5) is 0 Å². The molecule has 0 aliphatic carbocycles. The third-order valence-corrected chi connectivity index (χ3v) is 1.86. The molecule has 0 aliphatic heterocycles. The first kappa shape index (κ1) is 11.4. The Bertz CT molecular complexity index is 145. The summed E-state index contributed by atoms with van der Waals surface area (Å²) in [4.78, 5) is 13.1. The number of methoxy groups -OCH3 is 1. The molecule has 0 unspecified atom stereocenters. The molecule has 0 aromatic rings. The van der Waals surface area contributed by atoms with Gasteiger partial charge in [0.1, 0.15) is 6.04 Å². The lowest BCUT2D eigenvalue weighted by atomic mass is 10.2. The number of rotatable bonds is 4. The van der Waals surface area contributed by atoms with Crippen molar-refractivity contribution in [2.24, 2.45) is 5.92 Å². The molecule has 0 saturated heterocycles. The Morgan fingerprint density at radius 2 is 1.92 bits per heavy atom. The molecule has 0 rings (SSSR count). The molecule has 0 bridgehead atoms. The highest BCUT2D eigenvalue weighted by atomic mass is 16.5. The summed E-state index contributed by atoms with van der Waals surface area (Å²) in [5.74, 6) is 0.403. The summed E-state index contributed by atoms with van der Waals surface area (Å²) in [7, 11) is 3.35. The maximum Gasteiger partial charge on any atom is 0.322 e. The average molecular weight is 173 g/mol. The molecule has 0 heterocycles. The predicted molar refractivity (Wildman–Crippen MR) is 48.9 cm³/mol. The Labute approximate surface area is 74.7 Å². The number of carbonyl (C=O) groups is 1. The van der Waals surface area contributed by atoms with Crippen molar-refractivity contribution in [2.75, 3.05) is 20.7 Å². The molecule has 0 aromatic carbocycles. The van der Waals surface area contributed by atoms with Crippen LogP contribution in [0.25, 0.3) is 0 Å². The molecule has 0 N–H and O–H groups in total. The summed E-state index contributed by atoms with van der Waals surface area (Å²) >= 11 is 0. The molecule has 0 radical (unpaired) electrons. The molecule has 3 nitrogen and oxygen atoms in total. The van der Waals surface area contributed by atoms with Gasteiger partial charge in [0.05, 0.1) is 7.11 Å². The Balaban J connectivity index is 3.91. The highest BCUT2D eigenvalue weighted by molar-refractivity contribution is 5.75. The Morgan fingerprint density at radius 3 is 2.25 bits per heavy atom. The third kappa shape index (κ3) is 3.72. The summed E-state index contributed by atoms with van der Waals surface area (Å²) in [6, 6.07) is -0.141. The predicted octanol–water partition coefficient (Wildman–Crippen LogP) is 1.14. The number of hydrogen-bond acceptors (Lipinski definition) is 3. The van der Waals surface area contributed by atoms with E-state index in [-0.39, 0.29) is 12.0 Å². The molecule has 0 fully saturated rings. The van der Waals surface area contributed by atoms with E-state index in [4.69, 9.17) is 0 Å². The Hall–Kier alpha value is -0.570. The third-order valence-electron chi connectivity index (χ3n) is 1.86. The standard InChI is InChI=1S/C9H19NO2/c1-7(2)6-10(4)8(3)9(11)12-5/h7-8H,6H2,1-5H3/t8-/m1/s1. The molecule has 1 atom stereocenters. The number of likely N-dealkylation sites (N-methyl/N-ethyl adjacent to an activating group) is 1. The highest BCUT2D eigenvalue weighted by Crippen LogP contribution is 2.02. The van der Waals surface area contributed by atoms with Gasteiger partial charge in [-0.1, -0.05) is 13.8 Å². The van der Waals surface area contributed by atoms with Crippen LogP contribution in [0.2, 0.25) is 0 Å². The highest BCUT2D eigenvalue weighted by Gasteiger charge is 2.18. The van der Waals surface area contributed by atoms with E-state index in [1.54, 1.807) is 0 Å². The minimum Gasteiger partial charge on any atom is -0.468 e. The van der Waals surface area contributed by atoms with Crippen molar-refractivity contribution in [1.29, 1.82) is 0 Å². The molecular formula is C9H19NO2. The van der Waals surface area contributed by atoms with Crippen LogP contribution in [0, 0.1) is 5.92 Å². The Morgan fingerprint density at radius 1 is 1.42 bits per heavy atom. The van der Waals surface area contributed by atoms with Crippen LogP contribution in [0.5, 0.6) is 0 Å². The molecule has 0 aromatic heterocycles. The lowest BCUT2D eigenvalue weighted by Gasteiger charge is -2.23. The molecule has 3 heteroatoms. The first-order valence-electron chi connectivity index (χ1n) is 4.27. The number of ether oxygens (including phenoxy) is 1. The number of carbonyl (C=O) groups excluding carboxylic acids is 1. The van der Waals surface area contributed by atoms with Gasteiger partial charge in [-0.2, -0.15) is 0 Å². The summed E-state index contributed by atoms with van der Waals surface area (Å²) in [5.41, 5.74) is 0. The van der Waals surface area contributed by atoms with Crippen molar-refractivity contribution in [1.82, 2.24) is 4.90 Å². The van der Waals surface area contributed by atoms with Gasteiger partial charge in [0, 0.05) is 6.54 Å². The second-order valence-corrected chi connectivity index (χ2v) is 3.53. The maximum absolute atomic E-state index is 11.1. The number of hydrogen-bond donors (Lipinski definition) is 0. The van der Waals surface area contributed by atoms with E-state index in [1.807, 2.05) is 18.9 Å². The minimum atomic E-state index is -0.168. The van der Waals surface area contributed by atoms with Gasteiger partial charge >= 0.3 is 5.97 Å². The van der Waals surface area contributed by atoms with Crippen LogP contribution in [0.3, 0.4) is 0 Å². The van der Waals surface area contributed by atoms with Crippen LogP contribution in [0.1, 0.15) is 20.8 Å². The molecule has 0 saturated carbocycles. The second kappa shape index (κ2) is 5.14. The van der Waals surface area contributed by atoms with Crippen LogP contribution < -0.4 is 0 Å². The molecule has 0 spiro atoms. The van der Waals surface area contributed by atoms with E-state index < -0.39 is 0 Å². The monoisotopic (exact) mass is 173 g/mol. The first-order chi connectivity index (χ1) is 5.49. The smallest absolute Gasteiger partial charge is 0.322 e. The van der Waals surface area contributed by atoms with Crippen molar-refractivity contribution < 1.29 is 9.53 Å². The first-order valence-corrected chi connectivity index (χ1v) is 4.27. The fourth-order valence-corrected chi connectivity index (χ4v) is 1.08. The quantitative estimate of drug-likeness (QED) is 0.597. The lowest BCUT2D eigenvalue weighted by molar-refractivity contribution is -0.145. The zero-order valence-electron chi connectivity index (χ0n) is 8.63. The van der Waals surface area contributed by atoms with Gasteiger partial charge in [0.2, 0.25) is 0 Å². The molecule has 72 valence electrons. The average Bonchev–Trinajstić information content (AvgIpc) is 2.00. The van der Waals surface area contributed by atoms with Crippen LogP contribution in [0.15, 0.2) is 0 Å². The lowest BCUT2D eigenvalue weighted by Crippen LogP contribution is -2.38. The topological polar surface area (TPSA) is 29.5 Å². The summed E-state index contributed by atoms with van der Waals surface area (Å²) in [5, 5.41) is 0. The Kier molecular flexibility index (Phi) is 4.90. The summed E-state index contributed by atoms with van der Waals surface area (Å²) in [6.45, 7) is 7.02. The molecule has 12 heavy (non-hydrogen) atoms. The van der Waals surface area contributed by atoms with Crippen LogP contribution in [-0.4, -0.2) is 37.6 Å². The van der Waals surface area contributed by atoms with Gasteiger partial charge in [0.15, 0.2) is 0 Å². The maximum atomic E-state index is 11.1.